The number of anilines is 1. The van der Waals surface area contributed by atoms with Crippen molar-refractivity contribution in [1.82, 2.24) is 5.32 Å². The van der Waals surface area contributed by atoms with Crippen LogP contribution in [0.2, 0.25) is 0 Å². The van der Waals surface area contributed by atoms with Crippen LogP contribution >= 0.6 is 0 Å². The molecular weight excluding hydrogens is 244 g/mol. The van der Waals surface area contributed by atoms with Crippen molar-refractivity contribution in [2.24, 2.45) is 0 Å². The van der Waals surface area contributed by atoms with Gasteiger partial charge in [0.05, 0.1) is 25.5 Å². The molecule has 5 nitrogen and oxygen atoms in total. The van der Waals surface area contributed by atoms with E-state index in [1.54, 1.807) is 12.1 Å². The van der Waals surface area contributed by atoms with Gasteiger partial charge in [0.1, 0.15) is 11.5 Å². The van der Waals surface area contributed by atoms with E-state index in [-0.39, 0.29) is 5.91 Å². The molecule has 0 aliphatic carbocycles. The molecule has 0 atom stereocenters. The zero-order valence-electron chi connectivity index (χ0n) is 11.8. The van der Waals surface area contributed by atoms with Gasteiger partial charge in [0.25, 0.3) is 5.91 Å². The van der Waals surface area contributed by atoms with Crippen LogP contribution in [-0.2, 0) is 0 Å². The Morgan fingerprint density at radius 1 is 1.26 bits per heavy atom. The van der Waals surface area contributed by atoms with Crippen LogP contribution in [0.4, 0.5) is 5.69 Å². The summed E-state index contributed by atoms with van der Waals surface area (Å²) >= 11 is 0. The highest BCUT2D eigenvalue weighted by molar-refractivity contribution is 6.00. The molecular formula is C14H22N2O3. The van der Waals surface area contributed by atoms with Gasteiger partial charge in [0.15, 0.2) is 0 Å². The number of amides is 1. The van der Waals surface area contributed by atoms with Gasteiger partial charge in [-0.25, -0.2) is 0 Å². The summed E-state index contributed by atoms with van der Waals surface area (Å²) in [6, 6.07) is 3.27. The lowest BCUT2D eigenvalue weighted by atomic mass is 10.1. The van der Waals surface area contributed by atoms with Crippen LogP contribution in [0, 0.1) is 0 Å². The number of unbranched alkanes of at least 4 members (excludes halogenated alkanes) is 2. The molecule has 5 heteroatoms. The fraction of sp³-hybridized carbons (Fsp3) is 0.500. The minimum atomic E-state index is -0.203. The van der Waals surface area contributed by atoms with E-state index in [1.165, 1.54) is 14.2 Å². The van der Waals surface area contributed by atoms with E-state index in [0.29, 0.717) is 29.3 Å². The Kier molecular flexibility index (Phi) is 5.99. The van der Waals surface area contributed by atoms with E-state index in [2.05, 4.69) is 12.2 Å². The maximum atomic E-state index is 12.1. The average Bonchev–Trinajstić information content (AvgIpc) is 2.43. The number of nitrogen functional groups attached to an aromatic ring is 1. The Labute approximate surface area is 114 Å². The van der Waals surface area contributed by atoms with Crippen molar-refractivity contribution in [3.05, 3.63) is 17.7 Å². The second-order valence-electron chi connectivity index (χ2n) is 4.25. The van der Waals surface area contributed by atoms with Crippen LogP contribution in [0.5, 0.6) is 11.5 Å². The van der Waals surface area contributed by atoms with Crippen LogP contribution in [0.3, 0.4) is 0 Å². The molecule has 0 aliphatic heterocycles. The molecule has 0 saturated carbocycles. The highest BCUT2D eigenvalue weighted by Gasteiger charge is 2.15. The lowest BCUT2D eigenvalue weighted by molar-refractivity contribution is 0.0953. The number of hydrogen-bond acceptors (Lipinski definition) is 4. The molecule has 0 bridgehead atoms. The number of carbonyl (C=O) groups excluding carboxylic acids is 1. The topological polar surface area (TPSA) is 73.6 Å². The largest absolute Gasteiger partial charge is 0.497 e. The first-order valence-electron chi connectivity index (χ1n) is 6.43. The maximum absolute atomic E-state index is 12.1. The Hall–Kier alpha value is -1.91. The summed E-state index contributed by atoms with van der Waals surface area (Å²) in [7, 11) is 3.04. The maximum Gasteiger partial charge on any atom is 0.253 e. The minimum absolute atomic E-state index is 0.203. The summed E-state index contributed by atoms with van der Waals surface area (Å²) in [5.41, 5.74) is 6.62. The monoisotopic (exact) mass is 266 g/mol. The molecule has 3 N–H and O–H groups in total. The Bertz CT molecular complexity index is 433. The molecule has 0 aromatic heterocycles. The SMILES string of the molecule is CCCCCNC(=O)c1cc(OC)cc(OC)c1N. The Balaban J connectivity index is 2.83. The molecule has 0 saturated heterocycles. The molecule has 0 fully saturated rings. The molecule has 0 spiro atoms. The number of rotatable bonds is 7. The van der Waals surface area contributed by atoms with Crippen LogP contribution in [0.15, 0.2) is 12.1 Å². The fourth-order valence-corrected chi connectivity index (χ4v) is 1.75. The molecule has 106 valence electrons. The predicted molar refractivity (Wildman–Crippen MR) is 75.8 cm³/mol. The quantitative estimate of drug-likeness (QED) is 0.586. The van der Waals surface area contributed by atoms with Crippen molar-refractivity contribution in [2.45, 2.75) is 26.2 Å². The zero-order valence-corrected chi connectivity index (χ0v) is 11.8. The van der Waals surface area contributed by atoms with Gasteiger partial charge in [-0.2, -0.15) is 0 Å². The van der Waals surface area contributed by atoms with Crippen molar-refractivity contribution in [3.8, 4) is 11.5 Å². The Morgan fingerprint density at radius 2 is 2.00 bits per heavy atom. The van der Waals surface area contributed by atoms with Crippen molar-refractivity contribution >= 4 is 11.6 Å². The number of ether oxygens (including phenoxy) is 2. The summed E-state index contributed by atoms with van der Waals surface area (Å²) in [5.74, 6) is 0.786. The van der Waals surface area contributed by atoms with Gasteiger partial charge in [-0.3, -0.25) is 4.79 Å². The summed E-state index contributed by atoms with van der Waals surface area (Å²) in [6.07, 6.45) is 3.17. The van der Waals surface area contributed by atoms with Crippen LogP contribution < -0.4 is 20.5 Å². The third-order valence-electron chi connectivity index (χ3n) is 2.88. The van der Waals surface area contributed by atoms with Crippen molar-refractivity contribution in [1.29, 1.82) is 0 Å². The number of nitrogens with one attached hydrogen (secondary N) is 1. The fourth-order valence-electron chi connectivity index (χ4n) is 1.75. The minimum Gasteiger partial charge on any atom is -0.497 e. The summed E-state index contributed by atoms with van der Waals surface area (Å²) in [6.45, 7) is 2.76. The van der Waals surface area contributed by atoms with Crippen LogP contribution in [0.1, 0.15) is 36.5 Å². The first kappa shape index (κ1) is 15.1. The van der Waals surface area contributed by atoms with Gasteiger partial charge >= 0.3 is 0 Å². The highest BCUT2D eigenvalue weighted by atomic mass is 16.5. The molecule has 0 unspecified atom stereocenters. The third kappa shape index (κ3) is 4.05. The predicted octanol–water partition coefficient (Wildman–Crippen LogP) is 2.21. The van der Waals surface area contributed by atoms with E-state index < -0.39 is 0 Å². The first-order chi connectivity index (χ1) is 9.13. The van der Waals surface area contributed by atoms with E-state index in [0.717, 1.165) is 19.3 Å². The molecule has 1 rings (SSSR count). The standard InChI is InChI=1S/C14H22N2O3/c1-4-5-6-7-16-14(17)11-8-10(18-2)9-12(19-3)13(11)15/h8-9H,4-7,15H2,1-3H3,(H,16,17). The van der Waals surface area contributed by atoms with E-state index in [1.807, 2.05) is 0 Å². The molecule has 0 aliphatic rings. The van der Waals surface area contributed by atoms with Gasteiger partial charge in [-0.1, -0.05) is 19.8 Å². The summed E-state index contributed by atoms with van der Waals surface area (Å²) < 4.78 is 10.3. The van der Waals surface area contributed by atoms with Crippen LogP contribution in [0.25, 0.3) is 0 Å². The molecule has 1 aromatic rings. The van der Waals surface area contributed by atoms with Crippen molar-refractivity contribution in [3.63, 3.8) is 0 Å². The van der Waals surface area contributed by atoms with Crippen molar-refractivity contribution < 1.29 is 14.3 Å². The second-order valence-corrected chi connectivity index (χ2v) is 4.25. The number of hydrogen-bond donors (Lipinski definition) is 2. The van der Waals surface area contributed by atoms with Gasteiger partial charge in [-0.15, -0.1) is 0 Å². The normalized spacial score (nSPS) is 10.1. The lowest BCUT2D eigenvalue weighted by Crippen LogP contribution is -2.25. The van der Waals surface area contributed by atoms with E-state index >= 15 is 0 Å². The van der Waals surface area contributed by atoms with Crippen LogP contribution in [-0.4, -0.2) is 26.7 Å². The third-order valence-corrected chi connectivity index (χ3v) is 2.88. The smallest absolute Gasteiger partial charge is 0.253 e. The number of carbonyl (C=O) groups is 1. The van der Waals surface area contributed by atoms with Gasteiger partial charge in [-0.05, 0) is 12.5 Å². The lowest BCUT2D eigenvalue weighted by Gasteiger charge is -2.12. The molecule has 19 heavy (non-hydrogen) atoms. The van der Waals surface area contributed by atoms with Crippen molar-refractivity contribution in [2.75, 3.05) is 26.5 Å². The second kappa shape index (κ2) is 7.51. The van der Waals surface area contributed by atoms with Gasteiger partial charge < -0.3 is 20.5 Å². The summed E-state index contributed by atoms with van der Waals surface area (Å²) in [5, 5.41) is 2.85. The molecule has 1 aromatic carbocycles. The zero-order chi connectivity index (χ0) is 14.3. The number of benzene rings is 1. The van der Waals surface area contributed by atoms with Gasteiger partial charge in [0.2, 0.25) is 0 Å². The number of methoxy groups -OCH3 is 2. The summed E-state index contributed by atoms with van der Waals surface area (Å²) in [4.78, 5) is 12.1. The first-order valence-corrected chi connectivity index (χ1v) is 6.43. The highest BCUT2D eigenvalue weighted by Crippen LogP contribution is 2.30. The number of nitrogens with two attached hydrogens (primary N) is 1. The molecule has 0 heterocycles. The van der Waals surface area contributed by atoms with E-state index in [4.69, 9.17) is 15.2 Å². The van der Waals surface area contributed by atoms with E-state index in [9.17, 15) is 4.79 Å². The Morgan fingerprint density at radius 3 is 2.58 bits per heavy atom. The molecule has 0 radical (unpaired) electrons. The molecule has 1 amide bonds. The average molecular weight is 266 g/mol. The van der Waals surface area contributed by atoms with Gasteiger partial charge in [0, 0.05) is 12.6 Å².